The van der Waals surface area contributed by atoms with E-state index in [4.69, 9.17) is 4.42 Å². The minimum absolute atomic E-state index is 0.0750. The van der Waals surface area contributed by atoms with Gasteiger partial charge in [0, 0.05) is 5.41 Å². The summed E-state index contributed by atoms with van der Waals surface area (Å²) in [6.45, 7) is 7.98. The smallest absolute Gasteiger partial charge is 0.226 e. The third-order valence-corrected chi connectivity index (χ3v) is 4.46. The molecule has 2 rings (SSSR count). The van der Waals surface area contributed by atoms with Crippen molar-refractivity contribution in [2.45, 2.75) is 59.0 Å². The Morgan fingerprint density at radius 1 is 1.48 bits per heavy atom. The van der Waals surface area contributed by atoms with Gasteiger partial charge in [0.25, 0.3) is 0 Å². The average Bonchev–Trinajstić information content (AvgIpc) is 2.78. The summed E-state index contributed by atoms with van der Waals surface area (Å²) in [5.41, 5.74) is -1.39. The van der Waals surface area contributed by atoms with Gasteiger partial charge in [-0.1, -0.05) is 20.3 Å². The number of carbonyl (C=O) groups excluding carboxylic acids is 1. The van der Waals surface area contributed by atoms with E-state index in [1.54, 1.807) is 13.0 Å². The van der Waals surface area contributed by atoms with Crippen LogP contribution in [0.3, 0.4) is 0 Å². The Labute approximate surface area is 126 Å². The zero-order valence-electron chi connectivity index (χ0n) is 13.5. The lowest BCUT2D eigenvalue weighted by molar-refractivity contribution is -0.138. The molecule has 0 aliphatic heterocycles. The molecule has 0 aromatic carbocycles. The van der Waals surface area contributed by atoms with Crippen LogP contribution in [-0.2, 0) is 10.4 Å². The van der Waals surface area contributed by atoms with Crippen molar-refractivity contribution in [1.29, 1.82) is 0 Å². The molecule has 0 bridgehead atoms. The maximum atomic E-state index is 12.5. The van der Waals surface area contributed by atoms with Crippen LogP contribution >= 0.6 is 0 Å². The van der Waals surface area contributed by atoms with Gasteiger partial charge in [0.05, 0.1) is 6.54 Å². The van der Waals surface area contributed by atoms with Crippen LogP contribution in [0.2, 0.25) is 0 Å². The zero-order valence-corrected chi connectivity index (χ0v) is 13.5. The Hall–Kier alpha value is -1.29. The first kappa shape index (κ1) is 16.1. The van der Waals surface area contributed by atoms with Gasteiger partial charge in [-0.3, -0.25) is 4.79 Å². The Bertz CT molecular complexity index is 498. The van der Waals surface area contributed by atoms with Crippen molar-refractivity contribution >= 4 is 5.91 Å². The Kier molecular flexibility index (Phi) is 4.47. The van der Waals surface area contributed by atoms with E-state index in [-0.39, 0.29) is 17.9 Å². The first-order chi connectivity index (χ1) is 9.75. The maximum Gasteiger partial charge on any atom is 0.226 e. The number of carbonyl (C=O) groups is 1. The van der Waals surface area contributed by atoms with E-state index in [9.17, 15) is 9.90 Å². The number of aliphatic hydroxyl groups is 1. The van der Waals surface area contributed by atoms with Crippen LogP contribution in [0.25, 0.3) is 0 Å². The van der Waals surface area contributed by atoms with Crippen LogP contribution in [-0.4, -0.2) is 17.6 Å². The van der Waals surface area contributed by atoms with Gasteiger partial charge in [0.1, 0.15) is 17.1 Å². The molecule has 1 saturated carbocycles. The molecule has 1 heterocycles. The number of rotatable bonds is 6. The van der Waals surface area contributed by atoms with Crippen molar-refractivity contribution in [2.24, 2.45) is 11.3 Å². The number of hydrogen-bond acceptors (Lipinski definition) is 3. The van der Waals surface area contributed by atoms with E-state index >= 15 is 0 Å². The third kappa shape index (κ3) is 3.49. The SMILES string of the molecule is Cc1ccc(C(C)(O)CNC(=O)C2(CC(C)C)CCC2)o1. The Balaban J connectivity index is 1.97. The van der Waals surface area contributed by atoms with Crippen molar-refractivity contribution in [2.75, 3.05) is 6.54 Å². The van der Waals surface area contributed by atoms with Crippen molar-refractivity contribution in [3.63, 3.8) is 0 Å². The second-order valence-electron chi connectivity index (χ2n) is 7.10. The largest absolute Gasteiger partial charge is 0.463 e. The molecule has 1 fully saturated rings. The molecule has 1 aliphatic carbocycles. The zero-order chi connectivity index (χ0) is 15.7. The van der Waals surface area contributed by atoms with Gasteiger partial charge in [-0.15, -0.1) is 0 Å². The highest BCUT2D eigenvalue weighted by Gasteiger charge is 2.44. The molecule has 4 heteroatoms. The molecular formula is C17H27NO3. The van der Waals surface area contributed by atoms with E-state index in [2.05, 4.69) is 19.2 Å². The van der Waals surface area contributed by atoms with Crippen molar-refractivity contribution < 1.29 is 14.3 Å². The molecule has 2 N–H and O–H groups in total. The van der Waals surface area contributed by atoms with Gasteiger partial charge in [-0.2, -0.15) is 0 Å². The van der Waals surface area contributed by atoms with Crippen LogP contribution in [0.15, 0.2) is 16.5 Å². The fourth-order valence-corrected chi connectivity index (χ4v) is 3.16. The van der Waals surface area contributed by atoms with E-state index in [1.807, 2.05) is 13.0 Å². The summed E-state index contributed by atoms with van der Waals surface area (Å²) in [6.07, 6.45) is 3.95. The minimum Gasteiger partial charge on any atom is -0.463 e. The molecule has 1 unspecified atom stereocenters. The van der Waals surface area contributed by atoms with Crippen LogP contribution in [0.1, 0.15) is 58.0 Å². The average molecular weight is 293 g/mol. The van der Waals surface area contributed by atoms with Gasteiger partial charge in [-0.05, 0) is 51.2 Å². The molecular weight excluding hydrogens is 266 g/mol. The van der Waals surface area contributed by atoms with E-state index in [0.717, 1.165) is 31.4 Å². The molecule has 4 nitrogen and oxygen atoms in total. The second-order valence-corrected chi connectivity index (χ2v) is 7.10. The third-order valence-electron chi connectivity index (χ3n) is 4.46. The topological polar surface area (TPSA) is 62.5 Å². The minimum atomic E-state index is -1.17. The summed E-state index contributed by atoms with van der Waals surface area (Å²) >= 11 is 0. The summed E-state index contributed by atoms with van der Waals surface area (Å²) in [5.74, 6) is 1.83. The normalized spacial score (nSPS) is 19.9. The summed E-state index contributed by atoms with van der Waals surface area (Å²) in [6, 6.07) is 3.58. The molecule has 1 aromatic rings. The standard InChI is InChI=1S/C17H27NO3/c1-12(2)10-17(8-5-9-17)15(19)18-11-16(4,20)14-7-6-13(3)21-14/h6-7,12,20H,5,8-11H2,1-4H3,(H,18,19). The Morgan fingerprint density at radius 2 is 2.14 bits per heavy atom. The lowest BCUT2D eigenvalue weighted by atomic mass is 9.64. The molecule has 1 aromatic heterocycles. The number of nitrogens with one attached hydrogen (secondary N) is 1. The van der Waals surface area contributed by atoms with Gasteiger partial charge in [-0.25, -0.2) is 0 Å². The summed E-state index contributed by atoms with van der Waals surface area (Å²) in [4.78, 5) is 12.5. The molecule has 0 radical (unpaired) electrons. The monoisotopic (exact) mass is 293 g/mol. The maximum absolute atomic E-state index is 12.5. The summed E-state index contributed by atoms with van der Waals surface area (Å²) in [7, 11) is 0. The Morgan fingerprint density at radius 3 is 2.57 bits per heavy atom. The number of hydrogen-bond donors (Lipinski definition) is 2. The molecule has 21 heavy (non-hydrogen) atoms. The first-order valence-electron chi connectivity index (χ1n) is 7.83. The predicted molar refractivity (Wildman–Crippen MR) is 81.8 cm³/mol. The fraction of sp³-hybridized carbons (Fsp3) is 0.706. The second kappa shape index (κ2) is 5.84. The van der Waals surface area contributed by atoms with Gasteiger partial charge < -0.3 is 14.8 Å². The highest BCUT2D eigenvalue weighted by molar-refractivity contribution is 5.83. The quantitative estimate of drug-likeness (QED) is 0.847. The van der Waals surface area contributed by atoms with Crippen molar-refractivity contribution in [3.8, 4) is 0 Å². The van der Waals surface area contributed by atoms with E-state index in [0.29, 0.717) is 11.7 Å². The molecule has 0 spiro atoms. The van der Waals surface area contributed by atoms with Crippen LogP contribution in [0.5, 0.6) is 0 Å². The van der Waals surface area contributed by atoms with E-state index in [1.165, 1.54) is 0 Å². The molecule has 118 valence electrons. The van der Waals surface area contributed by atoms with Gasteiger partial charge in [0.2, 0.25) is 5.91 Å². The van der Waals surface area contributed by atoms with Crippen LogP contribution in [0, 0.1) is 18.3 Å². The van der Waals surface area contributed by atoms with Crippen molar-refractivity contribution in [3.05, 3.63) is 23.7 Å². The summed E-state index contributed by atoms with van der Waals surface area (Å²) < 4.78 is 5.47. The van der Waals surface area contributed by atoms with Crippen molar-refractivity contribution in [1.82, 2.24) is 5.32 Å². The molecule has 1 atom stereocenters. The number of amides is 1. The van der Waals surface area contributed by atoms with Crippen LogP contribution < -0.4 is 5.32 Å². The number of aryl methyl sites for hydroxylation is 1. The predicted octanol–water partition coefficient (Wildman–Crippen LogP) is 3.13. The van der Waals surface area contributed by atoms with Gasteiger partial charge >= 0.3 is 0 Å². The lowest BCUT2D eigenvalue weighted by Crippen LogP contribution is -2.49. The lowest BCUT2D eigenvalue weighted by Gasteiger charge is -2.42. The first-order valence-corrected chi connectivity index (χ1v) is 7.83. The highest BCUT2D eigenvalue weighted by Crippen LogP contribution is 2.46. The molecule has 1 amide bonds. The molecule has 1 aliphatic rings. The van der Waals surface area contributed by atoms with Gasteiger partial charge in [0.15, 0.2) is 0 Å². The fourth-order valence-electron chi connectivity index (χ4n) is 3.16. The highest BCUT2D eigenvalue weighted by atomic mass is 16.4. The number of furan rings is 1. The summed E-state index contributed by atoms with van der Waals surface area (Å²) in [5, 5.41) is 13.4. The van der Waals surface area contributed by atoms with E-state index < -0.39 is 5.60 Å². The van der Waals surface area contributed by atoms with Crippen LogP contribution in [0.4, 0.5) is 0 Å². The molecule has 0 saturated heterocycles.